The summed E-state index contributed by atoms with van der Waals surface area (Å²) in [7, 11) is 0. The molecule has 7 heteroatoms. The van der Waals surface area contributed by atoms with Crippen LogP contribution in [0.4, 0.5) is 4.39 Å². The van der Waals surface area contributed by atoms with E-state index in [1.165, 1.54) is 12.1 Å². The number of fused-ring (bicyclic) bond motifs is 1. The molecule has 0 atom stereocenters. The molecule has 1 fully saturated rings. The molecule has 0 spiro atoms. The largest absolute Gasteiger partial charge is 0.439 e. The Morgan fingerprint density at radius 2 is 1.82 bits per heavy atom. The number of pyridine rings is 1. The van der Waals surface area contributed by atoms with Crippen LogP contribution in [0.2, 0.25) is 0 Å². The third-order valence-electron chi connectivity index (χ3n) is 5.89. The number of aryl methyl sites for hydroxylation is 2. The average molecular weight is 445 g/mol. The number of carbonyl (C=O) groups excluding carboxylic acids is 1. The van der Waals surface area contributed by atoms with Crippen LogP contribution in [0.25, 0.3) is 16.7 Å². The van der Waals surface area contributed by atoms with Crippen LogP contribution in [0, 0.1) is 19.7 Å². The van der Waals surface area contributed by atoms with Crippen molar-refractivity contribution in [2.24, 2.45) is 0 Å². The molecule has 33 heavy (non-hydrogen) atoms. The van der Waals surface area contributed by atoms with Gasteiger partial charge in [-0.05, 0) is 49.2 Å². The van der Waals surface area contributed by atoms with E-state index in [1.54, 1.807) is 12.3 Å². The van der Waals surface area contributed by atoms with E-state index in [4.69, 9.17) is 4.74 Å². The first kappa shape index (κ1) is 21.2. The minimum atomic E-state index is -0.401. The van der Waals surface area contributed by atoms with Crippen LogP contribution >= 0.6 is 0 Å². The summed E-state index contributed by atoms with van der Waals surface area (Å²) >= 11 is 0. The van der Waals surface area contributed by atoms with Crippen molar-refractivity contribution < 1.29 is 13.9 Å². The van der Waals surface area contributed by atoms with Gasteiger partial charge in [-0.2, -0.15) is 0 Å². The van der Waals surface area contributed by atoms with E-state index in [2.05, 4.69) is 10.3 Å². The van der Waals surface area contributed by atoms with Crippen molar-refractivity contribution in [3.63, 3.8) is 0 Å². The van der Waals surface area contributed by atoms with Gasteiger partial charge in [-0.1, -0.05) is 24.3 Å². The Labute approximate surface area is 191 Å². The zero-order chi connectivity index (χ0) is 22.9. The molecule has 0 saturated carbocycles. The first-order chi connectivity index (χ1) is 16.0. The number of hydrogen-bond donors (Lipinski definition) is 1. The van der Waals surface area contributed by atoms with Gasteiger partial charge in [0.2, 0.25) is 5.88 Å². The Bertz CT molecular complexity index is 1330. The van der Waals surface area contributed by atoms with E-state index in [-0.39, 0.29) is 5.91 Å². The highest BCUT2D eigenvalue weighted by molar-refractivity contribution is 6.09. The maximum Gasteiger partial charge on any atom is 0.261 e. The Morgan fingerprint density at radius 1 is 1.06 bits per heavy atom. The zero-order valence-corrected chi connectivity index (χ0v) is 18.6. The molecule has 6 nitrogen and oxygen atoms in total. The minimum Gasteiger partial charge on any atom is -0.439 e. The molecular formula is C26H25FN4O2. The van der Waals surface area contributed by atoms with Crippen LogP contribution in [0.5, 0.6) is 11.6 Å². The average Bonchev–Trinajstić information content (AvgIpc) is 3.14. The number of hydrogen-bond acceptors (Lipinski definition) is 4. The van der Waals surface area contributed by atoms with Gasteiger partial charge in [-0.15, -0.1) is 0 Å². The number of carbonyl (C=O) groups is 1. The second-order valence-corrected chi connectivity index (χ2v) is 8.29. The van der Waals surface area contributed by atoms with E-state index in [0.717, 1.165) is 35.4 Å². The maximum absolute atomic E-state index is 14.1. The summed E-state index contributed by atoms with van der Waals surface area (Å²) < 4.78 is 22.4. The monoisotopic (exact) mass is 444 g/mol. The van der Waals surface area contributed by atoms with Gasteiger partial charge >= 0.3 is 0 Å². The number of halogens is 1. The second kappa shape index (κ2) is 8.67. The number of para-hydroxylation sites is 1. The topological polar surface area (TPSA) is 59.4 Å². The molecule has 0 bridgehead atoms. The Balaban J connectivity index is 1.79. The Kier molecular flexibility index (Phi) is 5.56. The Hall–Kier alpha value is -3.71. The lowest BCUT2D eigenvalue weighted by Crippen LogP contribution is -2.46. The molecule has 2 aromatic carbocycles. The molecule has 168 valence electrons. The molecule has 1 aliphatic heterocycles. The SMILES string of the molecule is Cc1cnc2c(C(=O)N3CCNCC3)c(Oc3cc(F)ccc3C)n(-c3ccccc3)c2c1. The molecule has 1 N–H and O–H groups in total. The number of aromatic nitrogens is 2. The van der Waals surface area contributed by atoms with Crippen LogP contribution in [-0.2, 0) is 0 Å². The normalized spacial score (nSPS) is 14.0. The molecule has 2 aromatic heterocycles. The van der Waals surface area contributed by atoms with E-state index in [0.29, 0.717) is 35.8 Å². The van der Waals surface area contributed by atoms with Crippen molar-refractivity contribution in [3.8, 4) is 17.3 Å². The third kappa shape index (κ3) is 3.96. The van der Waals surface area contributed by atoms with Crippen molar-refractivity contribution >= 4 is 16.9 Å². The first-order valence-corrected chi connectivity index (χ1v) is 11.0. The van der Waals surface area contributed by atoms with E-state index in [9.17, 15) is 9.18 Å². The minimum absolute atomic E-state index is 0.142. The standard InChI is InChI=1S/C26H25FN4O2/c1-17-14-21-24(29-16-17)23(25(32)30-12-10-28-11-13-30)26(31(21)20-6-4-3-5-7-20)33-22-15-19(27)9-8-18(22)2/h3-9,14-16,28H,10-13H2,1-2H3. The maximum atomic E-state index is 14.1. The molecule has 4 aromatic rings. The summed E-state index contributed by atoms with van der Waals surface area (Å²) in [4.78, 5) is 20.3. The predicted molar refractivity (Wildman–Crippen MR) is 126 cm³/mol. The third-order valence-corrected chi connectivity index (χ3v) is 5.89. The van der Waals surface area contributed by atoms with Gasteiger partial charge in [-0.3, -0.25) is 14.3 Å². The van der Waals surface area contributed by atoms with E-state index >= 15 is 0 Å². The van der Waals surface area contributed by atoms with Crippen LogP contribution in [-0.4, -0.2) is 46.5 Å². The Morgan fingerprint density at radius 3 is 2.58 bits per heavy atom. The molecular weight excluding hydrogens is 419 g/mol. The van der Waals surface area contributed by atoms with Gasteiger partial charge in [0.05, 0.1) is 5.52 Å². The highest BCUT2D eigenvalue weighted by Gasteiger charge is 2.30. The number of ether oxygens (including phenoxy) is 1. The van der Waals surface area contributed by atoms with Gasteiger partial charge < -0.3 is 15.0 Å². The summed E-state index contributed by atoms with van der Waals surface area (Å²) in [5, 5.41) is 3.28. The lowest BCUT2D eigenvalue weighted by molar-refractivity contribution is 0.0734. The van der Waals surface area contributed by atoms with Crippen molar-refractivity contribution in [2.75, 3.05) is 26.2 Å². The van der Waals surface area contributed by atoms with E-state index in [1.807, 2.05) is 59.7 Å². The number of nitrogens with zero attached hydrogens (tertiary/aromatic N) is 3. The zero-order valence-electron chi connectivity index (χ0n) is 18.6. The van der Waals surface area contributed by atoms with Crippen molar-refractivity contribution in [1.29, 1.82) is 0 Å². The highest BCUT2D eigenvalue weighted by Crippen LogP contribution is 2.39. The van der Waals surface area contributed by atoms with Crippen LogP contribution < -0.4 is 10.1 Å². The van der Waals surface area contributed by atoms with Gasteiger partial charge in [0, 0.05) is 44.1 Å². The van der Waals surface area contributed by atoms with Crippen LogP contribution in [0.1, 0.15) is 21.5 Å². The highest BCUT2D eigenvalue weighted by atomic mass is 19.1. The summed E-state index contributed by atoms with van der Waals surface area (Å²) in [5.41, 5.74) is 4.29. The summed E-state index contributed by atoms with van der Waals surface area (Å²) in [6.07, 6.45) is 1.75. The lowest BCUT2D eigenvalue weighted by atomic mass is 10.2. The lowest BCUT2D eigenvalue weighted by Gasteiger charge is -2.27. The number of benzene rings is 2. The molecule has 0 aliphatic carbocycles. The van der Waals surface area contributed by atoms with Crippen molar-refractivity contribution in [1.82, 2.24) is 19.8 Å². The molecule has 5 rings (SSSR count). The fourth-order valence-corrected chi connectivity index (χ4v) is 4.18. The molecule has 1 saturated heterocycles. The second-order valence-electron chi connectivity index (χ2n) is 8.29. The smallest absolute Gasteiger partial charge is 0.261 e. The van der Waals surface area contributed by atoms with Crippen molar-refractivity contribution in [2.45, 2.75) is 13.8 Å². The number of rotatable bonds is 4. The quantitative estimate of drug-likeness (QED) is 0.499. The van der Waals surface area contributed by atoms with Crippen LogP contribution in [0.15, 0.2) is 60.8 Å². The van der Waals surface area contributed by atoms with Gasteiger partial charge in [-0.25, -0.2) is 4.39 Å². The van der Waals surface area contributed by atoms with E-state index < -0.39 is 5.82 Å². The fraction of sp³-hybridized carbons (Fsp3) is 0.231. The summed E-state index contributed by atoms with van der Waals surface area (Å²) in [5.74, 6) is 0.158. The number of piperazine rings is 1. The summed E-state index contributed by atoms with van der Waals surface area (Å²) in [6, 6.07) is 16.1. The predicted octanol–water partition coefficient (Wildman–Crippen LogP) is 4.62. The molecule has 1 amide bonds. The van der Waals surface area contributed by atoms with Crippen molar-refractivity contribution in [3.05, 3.63) is 83.3 Å². The molecule has 3 heterocycles. The van der Waals surface area contributed by atoms with Gasteiger partial charge in [0.15, 0.2) is 0 Å². The molecule has 0 unspecified atom stereocenters. The molecule has 1 aliphatic rings. The first-order valence-electron chi connectivity index (χ1n) is 11.0. The summed E-state index contributed by atoms with van der Waals surface area (Å²) in [6.45, 7) is 6.47. The van der Waals surface area contributed by atoms with Gasteiger partial charge in [0.25, 0.3) is 5.91 Å². The van der Waals surface area contributed by atoms with Crippen LogP contribution in [0.3, 0.4) is 0 Å². The molecule has 0 radical (unpaired) electrons. The number of amides is 1. The number of nitrogens with one attached hydrogen (secondary N) is 1. The fourth-order valence-electron chi connectivity index (χ4n) is 4.18. The van der Waals surface area contributed by atoms with Gasteiger partial charge in [0.1, 0.15) is 22.6 Å².